The van der Waals surface area contributed by atoms with Crippen LogP contribution >= 0.6 is 0 Å². The molecule has 5 nitrogen and oxygen atoms in total. The first-order valence-electron chi connectivity index (χ1n) is 14.6. The smallest absolute Gasteiger partial charge is 0.261 e. The number of hydrogen-bond donors (Lipinski definition) is 0. The van der Waals surface area contributed by atoms with E-state index in [1.54, 1.807) is 0 Å². The van der Waals surface area contributed by atoms with Crippen LogP contribution in [0.25, 0.3) is 43.1 Å². The molecule has 0 unspecified atom stereocenters. The van der Waals surface area contributed by atoms with Gasteiger partial charge in [0.2, 0.25) is 0 Å². The van der Waals surface area contributed by atoms with Gasteiger partial charge in [0.1, 0.15) is 0 Å². The second kappa shape index (κ2) is 9.49. The molecule has 0 aromatic heterocycles. The van der Waals surface area contributed by atoms with Crippen LogP contribution in [0.15, 0.2) is 54.6 Å². The van der Waals surface area contributed by atoms with Gasteiger partial charge in [-0.05, 0) is 69.9 Å². The molecule has 198 valence electrons. The van der Waals surface area contributed by atoms with Crippen LogP contribution < -0.4 is 4.90 Å². The van der Waals surface area contributed by atoms with Crippen LogP contribution in [0.2, 0.25) is 0 Å². The van der Waals surface area contributed by atoms with Crippen molar-refractivity contribution in [1.82, 2.24) is 9.80 Å². The fraction of sp³-hybridized carbons (Fsp3) is 0.353. The molecular formula is C34H35N3O2. The summed E-state index contributed by atoms with van der Waals surface area (Å²) in [5.41, 5.74) is 2.60. The van der Waals surface area contributed by atoms with Crippen LogP contribution in [-0.2, 0) is 0 Å². The molecule has 2 heterocycles. The topological polar surface area (TPSA) is 43.9 Å². The fourth-order valence-corrected chi connectivity index (χ4v) is 7.05. The molecule has 2 aliphatic heterocycles. The summed E-state index contributed by atoms with van der Waals surface area (Å²) in [6.45, 7) is 10.3. The summed E-state index contributed by atoms with van der Waals surface area (Å²) in [4.78, 5) is 33.7. The second-order valence-electron chi connectivity index (χ2n) is 11.2. The minimum atomic E-state index is -0.158. The first kappa shape index (κ1) is 24.3. The van der Waals surface area contributed by atoms with Crippen molar-refractivity contribution >= 4 is 60.6 Å². The Morgan fingerprint density at radius 2 is 1.21 bits per heavy atom. The Morgan fingerprint density at radius 1 is 0.590 bits per heavy atom. The van der Waals surface area contributed by atoms with Gasteiger partial charge in [-0.15, -0.1) is 0 Å². The SMILES string of the molecule is CCCCCN1C(=O)c2ccc3c4cccc5c(N6CCN(CCC)CC6)ccc(c6ccc(c2c36)C1=O)c54. The minimum Gasteiger partial charge on any atom is -0.368 e. The quantitative estimate of drug-likeness (QED) is 0.100. The van der Waals surface area contributed by atoms with Crippen molar-refractivity contribution in [3.63, 3.8) is 0 Å². The van der Waals surface area contributed by atoms with E-state index in [4.69, 9.17) is 0 Å². The first-order valence-corrected chi connectivity index (χ1v) is 14.6. The largest absolute Gasteiger partial charge is 0.368 e. The van der Waals surface area contributed by atoms with E-state index < -0.39 is 0 Å². The molecular weight excluding hydrogens is 482 g/mol. The van der Waals surface area contributed by atoms with Crippen molar-refractivity contribution in [2.75, 3.05) is 44.2 Å². The molecule has 0 radical (unpaired) electrons. The van der Waals surface area contributed by atoms with Gasteiger partial charge in [-0.3, -0.25) is 19.4 Å². The van der Waals surface area contributed by atoms with Crippen LogP contribution in [0.3, 0.4) is 0 Å². The van der Waals surface area contributed by atoms with Crippen molar-refractivity contribution < 1.29 is 9.59 Å². The zero-order valence-corrected chi connectivity index (χ0v) is 22.9. The highest BCUT2D eigenvalue weighted by molar-refractivity contribution is 6.38. The Balaban J connectivity index is 1.41. The van der Waals surface area contributed by atoms with Gasteiger partial charge in [-0.1, -0.05) is 63.1 Å². The van der Waals surface area contributed by atoms with Crippen LogP contribution in [-0.4, -0.2) is 60.9 Å². The van der Waals surface area contributed by atoms with E-state index in [9.17, 15) is 9.59 Å². The summed E-state index contributed by atoms with van der Waals surface area (Å²) >= 11 is 0. The van der Waals surface area contributed by atoms with E-state index in [2.05, 4.69) is 66.1 Å². The number of imide groups is 1. The lowest BCUT2D eigenvalue weighted by Crippen LogP contribution is -2.46. The summed E-state index contributed by atoms with van der Waals surface area (Å²) in [6, 6.07) is 19.3. The van der Waals surface area contributed by atoms with Crippen molar-refractivity contribution in [1.29, 1.82) is 0 Å². The number of carbonyl (C=O) groups excluding carboxylic acids is 2. The van der Waals surface area contributed by atoms with Crippen LogP contribution in [0, 0.1) is 0 Å². The predicted molar refractivity (Wildman–Crippen MR) is 161 cm³/mol. The van der Waals surface area contributed by atoms with E-state index in [1.807, 2.05) is 12.1 Å². The van der Waals surface area contributed by atoms with Gasteiger partial charge in [-0.2, -0.15) is 0 Å². The van der Waals surface area contributed by atoms with E-state index >= 15 is 0 Å². The number of nitrogens with zero attached hydrogens (tertiary/aromatic N) is 3. The zero-order valence-electron chi connectivity index (χ0n) is 22.9. The van der Waals surface area contributed by atoms with Gasteiger partial charge < -0.3 is 4.90 Å². The van der Waals surface area contributed by atoms with Gasteiger partial charge in [0.25, 0.3) is 11.8 Å². The highest BCUT2D eigenvalue weighted by Gasteiger charge is 2.34. The molecule has 0 N–H and O–H groups in total. The zero-order chi connectivity index (χ0) is 26.7. The minimum absolute atomic E-state index is 0.158. The molecule has 5 heteroatoms. The number of amides is 2. The highest BCUT2D eigenvalue weighted by atomic mass is 16.2. The molecule has 1 saturated heterocycles. The fourth-order valence-electron chi connectivity index (χ4n) is 7.05. The van der Waals surface area contributed by atoms with E-state index in [-0.39, 0.29) is 11.8 Å². The number of rotatable bonds is 7. The lowest BCUT2D eigenvalue weighted by molar-refractivity contribution is 0.0608. The predicted octanol–water partition coefficient (Wildman–Crippen LogP) is 7.06. The van der Waals surface area contributed by atoms with Crippen molar-refractivity contribution in [3.05, 3.63) is 65.7 Å². The molecule has 7 rings (SSSR count). The third-order valence-electron chi connectivity index (χ3n) is 8.95. The highest BCUT2D eigenvalue weighted by Crippen LogP contribution is 2.45. The normalized spacial score (nSPS) is 16.6. The summed E-state index contributed by atoms with van der Waals surface area (Å²) in [5.74, 6) is -0.317. The first-order chi connectivity index (χ1) is 19.1. The summed E-state index contributed by atoms with van der Waals surface area (Å²) in [7, 11) is 0. The number of benzene rings is 5. The number of piperazine rings is 1. The standard InChI is InChI=1S/C34H35N3O2/c1-3-5-6-17-37-33(38)27-12-10-24-22-8-7-9-26-29(36-20-18-35(16-4-2)19-21-36)15-14-23(30(22)26)25-11-13-28(34(37)39)32(27)31(24)25/h7-15H,3-6,16-21H2,1-2H3. The Hall–Kier alpha value is -3.70. The van der Waals surface area contributed by atoms with Crippen LogP contribution in [0.5, 0.6) is 0 Å². The Kier molecular flexibility index (Phi) is 5.93. The van der Waals surface area contributed by atoms with Crippen molar-refractivity contribution in [2.24, 2.45) is 0 Å². The Morgan fingerprint density at radius 3 is 1.87 bits per heavy atom. The maximum atomic E-state index is 13.6. The van der Waals surface area contributed by atoms with Crippen molar-refractivity contribution in [2.45, 2.75) is 39.5 Å². The van der Waals surface area contributed by atoms with Crippen LogP contribution in [0.4, 0.5) is 5.69 Å². The third kappa shape index (κ3) is 3.63. The number of carbonyl (C=O) groups is 2. The summed E-state index contributed by atoms with van der Waals surface area (Å²) in [5, 5.41) is 9.04. The third-order valence-corrected chi connectivity index (χ3v) is 8.95. The Labute approximate surface area is 229 Å². The number of anilines is 1. The van der Waals surface area contributed by atoms with Gasteiger partial charge in [-0.25, -0.2) is 0 Å². The van der Waals surface area contributed by atoms with Gasteiger partial charge in [0.15, 0.2) is 0 Å². The number of fused-ring (bicyclic) bond motifs is 2. The second-order valence-corrected chi connectivity index (χ2v) is 11.2. The monoisotopic (exact) mass is 517 g/mol. The van der Waals surface area contributed by atoms with Gasteiger partial charge in [0.05, 0.1) is 0 Å². The average molecular weight is 518 g/mol. The number of hydrogen-bond acceptors (Lipinski definition) is 4. The molecule has 2 amide bonds. The molecule has 39 heavy (non-hydrogen) atoms. The molecule has 5 aromatic carbocycles. The molecule has 0 bridgehead atoms. The molecule has 5 aromatic rings. The molecule has 0 spiro atoms. The summed E-state index contributed by atoms with van der Waals surface area (Å²) < 4.78 is 0. The molecule has 0 saturated carbocycles. The molecule has 0 aliphatic carbocycles. The lowest BCUT2D eigenvalue weighted by atomic mass is 9.84. The molecule has 0 atom stereocenters. The van der Waals surface area contributed by atoms with E-state index in [1.165, 1.54) is 45.1 Å². The Bertz CT molecular complexity index is 1680. The van der Waals surface area contributed by atoms with Gasteiger partial charge >= 0.3 is 0 Å². The van der Waals surface area contributed by atoms with E-state index in [0.717, 1.165) is 67.0 Å². The van der Waals surface area contributed by atoms with Crippen molar-refractivity contribution in [3.8, 4) is 0 Å². The summed E-state index contributed by atoms with van der Waals surface area (Å²) in [6.07, 6.45) is 4.10. The molecule has 1 fully saturated rings. The lowest BCUT2D eigenvalue weighted by Gasteiger charge is -2.36. The maximum absolute atomic E-state index is 13.6. The number of unbranched alkanes of at least 4 members (excludes halogenated alkanes) is 2. The average Bonchev–Trinajstić information content (AvgIpc) is 2.97. The van der Waals surface area contributed by atoms with E-state index in [0.29, 0.717) is 17.7 Å². The van der Waals surface area contributed by atoms with Gasteiger partial charge in [0, 0.05) is 60.3 Å². The molecule has 2 aliphatic rings. The van der Waals surface area contributed by atoms with Crippen LogP contribution in [0.1, 0.15) is 60.2 Å². The maximum Gasteiger partial charge on any atom is 0.261 e.